The first kappa shape index (κ1) is 23.7. The number of nitrogens with zero attached hydrogens (tertiary/aromatic N) is 7. The van der Waals surface area contributed by atoms with Gasteiger partial charge in [-0.2, -0.15) is 10.4 Å². The molecule has 0 unspecified atom stereocenters. The van der Waals surface area contributed by atoms with E-state index in [1.165, 1.54) is 25.9 Å². The molecular weight excluding hydrogens is 454 g/mol. The minimum absolute atomic E-state index is 0.269. The first-order valence-electron chi connectivity index (χ1n) is 12.4. The zero-order valence-electron chi connectivity index (χ0n) is 20.3. The van der Waals surface area contributed by atoms with Crippen molar-refractivity contribution in [1.29, 1.82) is 5.26 Å². The van der Waals surface area contributed by atoms with Gasteiger partial charge in [-0.1, -0.05) is 0 Å². The molecule has 1 amide bonds. The van der Waals surface area contributed by atoms with Crippen molar-refractivity contribution in [3.05, 3.63) is 42.4 Å². The average molecular weight is 484 g/mol. The average Bonchev–Trinajstić information content (AvgIpc) is 3.60. The number of fused-ring (bicyclic) bond motifs is 1. The lowest BCUT2D eigenvalue weighted by atomic mass is 10.1. The lowest BCUT2D eigenvalue weighted by Gasteiger charge is -2.34. The molecule has 36 heavy (non-hydrogen) atoms. The van der Waals surface area contributed by atoms with Gasteiger partial charge in [0, 0.05) is 50.0 Å². The van der Waals surface area contributed by atoms with Gasteiger partial charge in [0.25, 0.3) is 5.91 Å². The van der Waals surface area contributed by atoms with E-state index in [4.69, 9.17) is 11.2 Å². The minimum Gasteiger partial charge on any atom is -0.492 e. The maximum absolute atomic E-state index is 11.7. The predicted molar refractivity (Wildman–Crippen MR) is 137 cm³/mol. The van der Waals surface area contributed by atoms with Gasteiger partial charge in [-0.15, -0.1) is 6.42 Å². The van der Waals surface area contributed by atoms with Gasteiger partial charge in [-0.25, -0.2) is 9.50 Å². The first-order chi connectivity index (χ1) is 17.7. The number of nitriles is 1. The molecule has 0 radical (unpaired) electrons. The molecule has 2 aliphatic heterocycles. The summed E-state index contributed by atoms with van der Waals surface area (Å²) in [5.74, 6) is 3.46. The van der Waals surface area contributed by atoms with Crippen molar-refractivity contribution in [2.24, 2.45) is 0 Å². The second kappa shape index (κ2) is 10.7. The van der Waals surface area contributed by atoms with E-state index in [1.54, 1.807) is 15.6 Å². The predicted octanol–water partition coefficient (Wildman–Crippen LogP) is 2.41. The molecular formula is C27H29N7O2. The summed E-state index contributed by atoms with van der Waals surface area (Å²) in [5, 5.41) is 14.0. The number of anilines is 1. The number of amides is 1. The molecule has 0 spiro atoms. The van der Waals surface area contributed by atoms with Crippen molar-refractivity contribution < 1.29 is 9.53 Å². The van der Waals surface area contributed by atoms with E-state index in [-0.39, 0.29) is 5.91 Å². The van der Waals surface area contributed by atoms with Crippen LogP contribution in [0.5, 0.6) is 5.75 Å². The second-order valence-electron chi connectivity index (χ2n) is 9.13. The Morgan fingerprint density at radius 1 is 1.11 bits per heavy atom. The van der Waals surface area contributed by atoms with Crippen molar-refractivity contribution in [1.82, 2.24) is 24.4 Å². The first-order valence-corrected chi connectivity index (χ1v) is 12.4. The van der Waals surface area contributed by atoms with Crippen LogP contribution in [-0.4, -0.2) is 82.7 Å². The second-order valence-corrected chi connectivity index (χ2v) is 9.13. The molecule has 3 aromatic rings. The summed E-state index contributed by atoms with van der Waals surface area (Å²) in [6.45, 7) is 6.53. The lowest BCUT2D eigenvalue weighted by molar-refractivity contribution is -0.125. The van der Waals surface area contributed by atoms with E-state index in [1.807, 2.05) is 30.6 Å². The van der Waals surface area contributed by atoms with E-state index >= 15 is 0 Å². The standard InChI is InChI=1S/C27H29N7O2/c1-2-26(35)33-13-11-32(12-14-33)25-7-6-21(18-29-25)24-16-23(20-34-27(24)22(17-28)19-30-34)36-15-5-10-31-8-3-4-9-31/h1,6-7,16,18-20H,3-5,8-15H2. The van der Waals surface area contributed by atoms with Crippen LogP contribution in [0, 0.1) is 23.7 Å². The molecule has 0 bridgehead atoms. The third-order valence-electron chi connectivity index (χ3n) is 6.87. The van der Waals surface area contributed by atoms with Gasteiger partial charge in [-0.3, -0.25) is 4.79 Å². The van der Waals surface area contributed by atoms with Crippen LogP contribution in [-0.2, 0) is 4.79 Å². The highest BCUT2D eigenvalue weighted by atomic mass is 16.5. The van der Waals surface area contributed by atoms with Crippen molar-refractivity contribution in [2.45, 2.75) is 19.3 Å². The van der Waals surface area contributed by atoms with Crippen molar-refractivity contribution >= 4 is 17.2 Å². The molecule has 9 nitrogen and oxygen atoms in total. The fraction of sp³-hybridized carbons (Fsp3) is 0.407. The van der Waals surface area contributed by atoms with Crippen LogP contribution in [0.4, 0.5) is 5.82 Å². The Hall–Kier alpha value is -4.08. The van der Waals surface area contributed by atoms with Crippen molar-refractivity contribution in [3.8, 4) is 35.3 Å². The van der Waals surface area contributed by atoms with E-state index in [0.29, 0.717) is 44.1 Å². The number of rotatable bonds is 7. The number of pyridine rings is 2. The maximum atomic E-state index is 11.7. The molecule has 3 aromatic heterocycles. The van der Waals surface area contributed by atoms with Crippen LogP contribution in [0.25, 0.3) is 16.6 Å². The fourth-order valence-corrected chi connectivity index (χ4v) is 4.92. The van der Waals surface area contributed by atoms with E-state index in [9.17, 15) is 10.1 Å². The summed E-state index contributed by atoms with van der Waals surface area (Å²) in [6, 6.07) is 8.18. The van der Waals surface area contributed by atoms with Gasteiger partial charge < -0.3 is 19.4 Å². The topological polar surface area (TPSA) is 90.0 Å². The van der Waals surface area contributed by atoms with Crippen LogP contribution in [0.1, 0.15) is 24.8 Å². The summed E-state index contributed by atoms with van der Waals surface area (Å²) in [7, 11) is 0. The highest BCUT2D eigenvalue weighted by molar-refractivity contribution is 5.93. The number of carbonyl (C=O) groups excluding carboxylic acids is 1. The summed E-state index contributed by atoms with van der Waals surface area (Å²) in [4.78, 5) is 22.7. The summed E-state index contributed by atoms with van der Waals surface area (Å²) >= 11 is 0. The largest absolute Gasteiger partial charge is 0.492 e. The molecule has 0 aliphatic carbocycles. The van der Waals surface area contributed by atoms with Gasteiger partial charge in [0.15, 0.2) is 0 Å². The number of aromatic nitrogens is 3. The Balaban J connectivity index is 1.32. The molecule has 9 heteroatoms. The highest BCUT2D eigenvalue weighted by Crippen LogP contribution is 2.31. The quantitative estimate of drug-likeness (QED) is 0.377. The van der Waals surface area contributed by atoms with E-state index in [2.05, 4.69) is 31.9 Å². The van der Waals surface area contributed by atoms with Crippen LogP contribution in [0.3, 0.4) is 0 Å². The van der Waals surface area contributed by atoms with Crippen LogP contribution in [0.15, 0.2) is 36.8 Å². The Kier molecular flexibility index (Phi) is 7.01. The zero-order chi connectivity index (χ0) is 24.9. The molecule has 2 saturated heterocycles. The summed E-state index contributed by atoms with van der Waals surface area (Å²) in [6.07, 6.45) is 14.0. The molecule has 0 N–H and O–H groups in total. The van der Waals surface area contributed by atoms with Gasteiger partial charge in [-0.05, 0) is 56.5 Å². The molecule has 2 aliphatic rings. The number of carbonyl (C=O) groups is 1. The number of hydrogen-bond donors (Lipinski definition) is 0. The van der Waals surface area contributed by atoms with Gasteiger partial charge >= 0.3 is 0 Å². The number of hydrogen-bond acceptors (Lipinski definition) is 7. The Bertz CT molecular complexity index is 1300. The molecule has 184 valence electrons. The zero-order valence-corrected chi connectivity index (χ0v) is 20.3. The van der Waals surface area contributed by atoms with Crippen LogP contribution >= 0.6 is 0 Å². The summed E-state index contributed by atoms with van der Waals surface area (Å²) in [5.41, 5.74) is 2.97. The SMILES string of the molecule is C#CC(=O)N1CCN(c2ccc(-c3cc(OCCCN4CCCC4)cn4ncc(C#N)c34)cn2)CC1. The molecule has 0 saturated carbocycles. The number of likely N-dealkylation sites (tertiary alicyclic amines) is 1. The van der Waals surface area contributed by atoms with Crippen molar-refractivity contribution in [2.75, 3.05) is 57.3 Å². The molecule has 5 heterocycles. The van der Waals surface area contributed by atoms with Gasteiger partial charge in [0.2, 0.25) is 0 Å². The number of ether oxygens (including phenoxy) is 1. The monoisotopic (exact) mass is 483 g/mol. The third kappa shape index (κ3) is 4.98. The lowest BCUT2D eigenvalue weighted by Crippen LogP contribution is -2.48. The molecule has 5 rings (SSSR count). The van der Waals surface area contributed by atoms with Crippen molar-refractivity contribution in [3.63, 3.8) is 0 Å². The smallest absolute Gasteiger partial charge is 0.298 e. The Labute approximate surface area is 210 Å². The minimum atomic E-state index is -0.269. The van der Waals surface area contributed by atoms with Gasteiger partial charge in [0.1, 0.15) is 17.6 Å². The van der Waals surface area contributed by atoms with E-state index < -0.39 is 0 Å². The maximum Gasteiger partial charge on any atom is 0.298 e. The summed E-state index contributed by atoms with van der Waals surface area (Å²) < 4.78 is 7.80. The Morgan fingerprint density at radius 3 is 2.61 bits per heavy atom. The Morgan fingerprint density at radius 2 is 1.92 bits per heavy atom. The molecule has 0 atom stereocenters. The number of terminal acetylenes is 1. The van der Waals surface area contributed by atoms with Crippen LogP contribution < -0.4 is 9.64 Å². The molecule has 2 fully saturated rings. The van der Waals surface area contributed by atoms with Crippen LogP contribution in [0.2, 0.25) is 0 Å². The van der Waals surface area contributed by atoms with E-state index in [0.717, 1.165) is 35.4 Å². The molecule has 0 aromatic carbocycles. The highest BCUT2D eigenvalue weighted by Gasteiger charge is 2.21. The van der Waals surface area contributed by atoms with Gasteiger partial charge in [0.05, 0.1) is 30.1 Å². The number of piperazine rings is 1. The fourth-order valence-electron chi connectivity index (χ4n) is 4.92. The normalized spacial score (nSPS) is 16.2. The third-order valence-corrected chi connectivity index (χ3v) is 6.87.